The molecule has 1 saturated carbocycles. The first-order chi connectivity index (χ1) is 12.3. The summed E-state index contributed by atoms with van der Waals surface area (Å²) in [5, 5.41) is 18.5. The van der Waals surface area contributed by atoms with Crippen molar-refractivity contribution in [1.82, 2.24) is 19.7 Å². The fourth-order valence-electron chi connectivity index (χ4n) is 2.96. The van der Waals surface area contributed by atoms with Crippen molar-refractivity contribution in [3.8, 4) is 6.07 Å². The van der Waals surface area contributed by atoms with Gasteiger partial charge < -0.3 is 10.6 Å². The second kappa shape index (κ2) is 6.82. The zero-order chi connectivity index (χ0) is 18.9. The Morgan fingerprint density at radius 2 is 2.12 bits per heavy atom. The standard InChI is InChI=1S/C16H18F3N7/c1-9-13(8-26(25-9)11-5-10(6-11)3-4-20)23-15-22-7-12(16(17,18)19)14(21-2)24-15/h7-8,10-11H,3,5-6H2,1-2H3,(H2,21,22,23,24)/t10-,11-. The van der Waals surface area contributed by atoms with Crippen molar-refractivity contribution in [2.45, 2.75) is 38.4 Å². The van der Waals surface area contributed by atoms with Crippen LogP contribution in [0.3, 0.4) is 0 Å². The van der Waals surface area contributed by atoms with Gasteiger partial charge in [-0.2, -0.15) is 28.5 Å². The highest BCUT2D eigenvalue weighted by atomic mass is 19.4. The third kappa shape index (κ3) is 3.56. The molecule has 1 fully saturated rings. The van der Waals surface area contributed by atoms with Crippen LogP contribution < -0.4 is 10.6 Å². The van der Waals surface area contributed by atoms with E-state index < -0.39 is 11.7 Å². The van der Waals surface area contributed by atoms with Gasteiger partial charge in [0.1, 0.15) is 11.4 Å². The molecule has 1 aliphatic rings. The van der Waals surface area contributed by atoms with Gasteiger partial charge in [0.2, 0.25) is 5.95 Å². The van der Waals surface area contributed by atoms with E-state index in [4.69, 9.17) is 5.26 Å². The lowest BCUT2D eigenvalue weighted by Crippen LogP contribution is -2.26. The van der Waals surface area contributed by atoms with Crippen molar-refractivity contribution in [3.05, 3.63) is 23.7 Å². The van der Waals surface area contributed by atoms with E-state index in [2.05, 4.69) is 31.8 Å². The summed E-state index contributed by atoms with van der Waals surface area (Å²) < 4.78 is 40.6. The van der Waals surface area contributed by atoms with Crippen molar-refractivity contribution >= 4 is 17.5 Å². The Morgan fingerprint density at radius 3 is 2.73 bits per heavy atom. The second-order valence-electron chi connectivity index (χ2n) is 6.29. The van der Waals surface area contributed by atoms with E-state index in [9.17, 15) is 13.2 Å². The van der Waals surface area contributed by atoms with Crippen LogP contribution in [0.5, 0.6) is 0 Å². The van der Waals surface area contributed by atoms with Gasteiger partial charge in [0, 0.05) is 25.9 Å². The number of rotatable bonds is 5. The minimum Gasteiger partial charge on any atom is -0.372 e. The molecule has 2 aromatic rings. The van der Waals surface area contributed by atoms with Crippen LogP contribution in [-0.2, 0) is 6.18 Å². The van der Waals surface area contributed by atoms with Gasteiger partial charge in [-0.3, -0.25) is 4.68 Å². The van der Waals surface area contributed by atoms with Crippen LogP contribution >= 0.6 is 0 Å². The number of nitrogens with zero attached hydrogens (tertiary/aromatic N) is 5. The summed E-state index contributed by atoms with van der Waals surface area (Å²) in [6.07, 6.45) is 0.363. The van der Waals surface area contributed by atoms with Crippen molar-refractivity contribution < 1.29 is 13.2 Å². The number of halogens is 3. The first-order valence-electron chi connectivity index (χ1n) is 8.13. The van der Waals surface area contributed by atoms with E-state index in [1.807, 2.05) is 4.68 Å². The van der Waals surface area contributed by atoms with Crippen LogP contribution in [-0.4, -0.2) is 26.8 Å². The van der Waals surface area contributed by atoms with Gasteiger partial charge in [0.05, 0.1) is 23.5 Å². The Labute approximate surface area is 148 Å². The lowest BCUT2D eigenvalue weighted by molar-refractivity contribution is -0.137. The second-order valence-corrected chi connectivity index (χ2v) is 6.29. The number of nitrogens with one attached hydrogen (secondary N) is 2. The fourth-order valence-corrected chi connectivity index (χ4v) is 2.96. The zero-order valence-corrected chi connectivity index (χ0v) is 14.3. The lowest BCUT2D eigenvalue weighted by Gasteiger charge is -2.33. The fraction of sp³-hybridized carbons (Fsp3) is 0.500. The molecule has 2 aromatic heterocycles. The Balaban J connectivity index is 1.75. The average molecular weight is 365 g/mol. The maximum absolute atomic E-state index is 12.9. The topological polar surface area (TPSA) is 91.5 Å². The molecule has 26 heavy (non-hydrogen) atoms. The quantitative estimate of drug-likeness (QED) is 0.840. The highest BCUT2D eigenvalue weighted by molar-refractivity contribution is 5.57. The first kappa shape index (κ1) is 18.0. The molecule has 0 radical (unpaired) electrons. The van der Waals surface area contributed by atoms with Crippen LogP contribution in [0.2, 0.25) is 0 Å². The van der Waals surface area contributed by atoms with E-state index in [0.29, 0.717) is 23.7 Å². The average Bonchev–Trinajstić information content (AvgIpc) is 2.89. The van der Waals surface area contributed by atoms with E-state index in [-0.39, 0.29) is 17.8 Å². The maximum Gasteiger partial charge on any atom is 0.421 e. The van der Waals surface area contributed by atoms with Crippen LogP contribution in [0, 0.1) is 24.2 Å². The van der Waals surface area contributed by atoms with E-state index in [0.717, 1.165) is 19.0 Å². The molecule has 7 nitrogen and oxygen atoms in total. The van der Waals surface area contributed by atoms with Crippen LogP contribution in [0.4, 0.5) is 30.6 Å². The van der Waals surface area contributed by atoms with E-state index in [1.54, 1.807) is 13.1 Å². The monoisotopic (exact) mass is 365 g/mol. The molecular weight excluding hydrogens is 347 g/mol. The van der Waals surface area contributed by atoms with Gasteiger partial charge in [-0.15, -0.1) is 0 Å². The SMILES string of the molecule is CNc1nc(Nc2cn([C@H]3C[C@H](CC#N)C3)nc2C)ncc1C(F)(F)F. The molecule has 0 saturated heterocycles. The molecule has 138 valence electrons. The van der Waals surface area contributed by atoms with Crippen molar-refractivity contribution in [3.63, 3.8) is 0 Å². The summed E-state index contributed by atoms with van der Waals surface area (Å²) in [4.78, 5) is 7.65. The third-order valence-electron chi connectivity index (χ3n) is 4.46. The highest BCUT2D eigenvalue weighted by Gasteiger charge is 2.35. The van der Waals surface area contributed by atoms with Crippen LogP contribution in [0.1, 0.15) is 36.6 Å². The van der Waals surface area contributed by atoms with E-state index in [1.165, 1.54) is 7.05 Å². The number of hydrogen-bond acceptors (Lipinski definition) is 6. The molecule has 0 aliphatic heterocycles. The molecular formula is C16H18F3N7. The van der Waals surface area contributed by atoms with Crippen molar-refractivity contribution in [2.24, 2.45) is 5.92 Å². The minimum atomic E-state index is -4.53. The third-order valence-corrected chi connectivity index (χ3v) is 4.46. The minimum absolute atomic E-state index is 0.0565. The Morgan fingerprint density at radius 1 is 1.38 bits per heavy atom. The predicted molar refractivity (Wildman–Crippen MR) is 88.8 cm³/mol. The highest BCUT2D eigenvalue weighted by Crippen LogP contribution is 2.40. The van der Waals surface area contributed by atoms with Gasteiger partial charge in [-0.05, 0) is 25.7 Å². The number of nitriles is 1. The Kier molecular flexibility index (Phi) is 4.71. The number of alkyl halides is 3. The number of anilines is 3. The molecule has 0 unspecified atom stereocenters. The molecule has 0 spiro atoms. The first-order valence-corrected chi connectivity index (χ1v) is 8.13. The van der Waals surface area contributed by atoms with Gasteiger partial charge in [-0.25, -0.2) is 4.98 Å². The van der Waals surface area contributed by atoms with Crippen LogP contribution in [0.15, 0.2) is 12.4 Å². The normalized spacial score (nSPS) is 19.5. The molecule has 1 aliphatic carbocycles. The maximum atomic E-state index is 12.9. The molecule has 0 bridgehead atoms. The predicted octanol–water partition coefficient (Wildman–Crippen LogP) is 3.65. The Bertz CT molecular complexity index is 831. The van der Waals surface area contributed by atoms with Gasteiger partial charge in [0.15, 0.2) is 0 Å². The van der Waals surface area contributed by atoms with Crippen molar-refractivity contribution in [2.75, 3.05) is 17.7 Å². The summed E-state index contributed by atoms with van der Waals surface area (Å²) in [6.45, 7) is 1.80. The smallest absolute Gasteiger partial charge is 0.372 e. The summed E-state index contributed by atoms with van der Waals surface area (Å²) in [5.74, 6) is 0.168. The largest absolute Gasteiger partial charge is 0.421 e. The molecule has 0 aromatic carbocycles. The van der Waals surface area contributed by atoms with E-state index >= 15 is 0 Å². The van der Waals surface area contributed by atoms with Gasteiger partial charge in [0.25, 0.3) is 0 Å². The summed E-state index contributed by atoms with van der Waals surface area (Å²) in [5.41, 5.74) is 0.412. The van der Waals surface area contributed by atoms with Crippen molar-refractivity contribution in [1.29, 1.82) is 5.26 Å². The molecule has 0 amide bonds. The molecule has 2 heterocycles. The lowest BCUT2D eigenvalue weighted by atomic mass is 9.79. The van der Waals surface area contributed by atoms with Crippen LogP contribution in [0.25, 0.3) is 0 Å². The van der Waals surface area contributed by atoms with Gasteiger partial charge in [-0.1, -0.05) is 0 Å². The summed E-state index contributed by atoms with van der Waals surface area (Å²) in [7, 11) is 1.37. The number of aryl methyl sites for hydroxylation is 1. The zero-order valence-electron chi connectivity index (χ0n) is 14.3. The molecule has 2 N–H and O–H groups in total. The molecule has 10 heteroatoms. The molecule has 0 atom stereocenters. The summed E-state index contributed by atoms with van der Waals surface area (Å²) in [6, 6.07) is 2.41. The summed E-state index contributed by atoms with van der Waals surface area (Å²) >= 11 is 0. The van der Waals surface area contributed by atoms with Gasteiger partial charge >= 0.3 is 6.18 Å². The molecule has 3 rings (SSSR count). The Hall–Kier alpha value is -2.83. The number of aromatic nitrogens is 4. The number of hydrogen-bond donors (Lipinski definition) is 2.